The van der Waals surface area contributed by atoms with Gasteiger partial charge in [0.05, 0.1) is 13.3 Å². The summed E-state index contributed by atoms with van der Waals surface area (Å²) in [5.41, 5.74) is 2.95. The highest BCUT2D eigenvalue weighted by Gasteiger charge is 2.20. The number of benzene rings is 1. The van der Waals surface area contributed by atoms with Gasteiger partial charge < -0.3 is 14.6 Å². The lowest BCUT2D eigenvalue weighted by Crippen LogP contribution is -2.27. The van der Waals surface area contributed by atoms with Crippen LogP contribution >= 0.6 is 0 Å². The largest absolute Gasteiger partial charge is 0.496 e. The molecule has 7 heteroatoms. The van der Waals surface area contributed by atoms with E-state index in [1.165, 1.54) is 12.3 Å². The minimum atomic E-state index is -0.355. The molecular weight excluding hydrogens is 385 g/mol. The van der Waals surface area contributed by atoms with Crippen molar-refractivity contribution in [2.45, 2.75) is 33.6 Å². The number of hydrogen-bond donors (Lipinski definition) is 2. The number of pyridine rings is 1. The number of methoxy groups -OCH3 is 1. The molecule has 0 fully saturated rings. The molecule has 160 valence electrons. The molecule has 3 rings (SSSR count). The zero-order valence-electron chi connectivity index (χ0n) is 17.8. The SMILES string of the molecule is C#C.CC.COc1ccc(-c2o[nH]c2C(=O)NCCCc2cncc(F)c2)cc1C. The van der Waals surface area contributed by atoms with Gasteiger partial charge in [0, 0.05) is 18.3 Å². The van der Waals surface area contributed by atoms with Crippen molar-refractivity contribution in [2.24, 2.45) is 0 Å². The quantitative estimate of drug-likeness (QED) is 0.432. The molecule has 0 bridgehead atoms. The molecule has 30 heavy (non-hydrogen) atoms. The van der Waals surface area contributed by atoms with E-state index in [4.69, 9.17) is 9.26 Å². The molecule has 0 unspecified atom stereocenters. The number of H-pyrrole nitrogens is 1. The number of halogens is 1. The van der Waals surface area contributed by atoms with E-state index < -0.39 is 0 Å². The van der Waals surface area contributed by atoms with Crippen molar-refractivity contribution < 1.29 is 18.4 Å². The van der Waals surface area contributed by atoms with E-state index in [1.807, 2.05) is 39.0 Å². The molecule has 0 radical (unpaired) electrons. The van der Waals surface area contributed by atoms with Crippen molar-refractivity contribution >= 4 is 5.91 Å². The number of amides is 1. The van der Waals surface area contributed by atoms with E-state index >= 15 is 0 Å². The molecule has 0 aliphatic carbocycles. The van der Waals surface area contributed by atoms with Gasteiger partial charge in [-0.1, -0.05) is 13.8 Å². The van der Waals surface area contributed by atoms with Crippen molar-refractivity contribution in [3.63, 3.8) is 0 Å². The van der Waals surface area contributed by atoms with E-state index in [0.29, 0.717) is 30.8 Å². The number of terminal acetylenes is 1. The molecule has 1 aromatic carbocycles. The third-order valence-electron chi connectivity index (χ3n) is 4.06. The highest BCUT2D eigenvalue weighted by atomic mass is 19.1. The van der Waals surface area contributed by atoms with Crippen LogP contribution in [0.15, 0.2) is 41.2 Å². The van der Waals surface area contributed by atoms with Gasteiger partial charge in [0.2, 0.25) is 0 Å². The molecule has 0 atom stereocenters. The Labute approximate surface area is 176 Å². The van der Waals surface area contributed by atoms with Crippen LogP contribution in [0.25, 0.3) is 11.3 Å². The van der Waals surface area contributed by atoms with Crippen molar-refractivity contribution in [3.8, 4) is 29.9 Å². The lowest BCUT2D eigenvalue weighted by molar-refractivity contribution is 0.0928. The first-order chi connectivity index (χ1) is 14.6. The maximum absolute atomic E-state index is 13.1. The third-order valence-corrected chi connectivity index (χ3v) is 4.06. The number of hydrogen-bond acceptors (Lipinski definition) is 4. The van der Waals surface area contributed by atoms with Gasteiger partial charge in [-0.2, -0.15) is 0 Å². The third kappa shape index (κ3) is 6.52. The average molecular weight is 413 g/mol. The normalized spacial score (nSPS) is 9.57. The summed E-state index contributed by atoms with van der Waals surface area (Å²) in [5, 5.41) is 5.41. The summed E-state index contributed by atoms with van der Waals surface area (Å²) in [6.45, 7) is 6.39. The summed E-state index contributed by atoms with van der Waals surface area (Å²) >= 11 is 0. The Bertz CT molecular complexity index is 944. The number of aryl methyl sites for hydroxylation is 2. The van der Waals surface area contributed by atoms with Gasteiger partial charge in [0.15, 0.2) is 11.5 Å². The Morgan fingerprint density at radius 3 is 2.57 bits per heavy atom. The van der Waals surface area contributed by atoms with Gasteiger partial charge in [-0.3, -0.25) is 9.78 Å². The first kappa shape index (κ1) is 24.5. The first-order valence-electron chi connectivity index (χ1n) is 9.61. The Balaban J connectivity index is 0.00000106. The van der Waals surface area contributed by atoms with Crippen molar-refractivity contribution in [1.29, 1.82) is 0 Å². The summed E-state index contributed by atoms with van der Waals surface area (Å²) in [5.74, 6) is 0.686. The fraction of sp³-hybridized carbons (Fsp3) is 0.304. The summed E-state index contributed by atoms with van der Waals surface area (Å²) in [6, 6.07) is 7.02. The molecule has 1 amide bonds. The van der Waals surface area contributed by atoms with Gasteiger partial charge in [-0.15, -0.1) is 12.8 Å². The average Bonchev–Trinajstić information content (AvgIpc) is 2.74. The summed E-state index contributed by atoms with van der Waals surface area (Å²) in [4.78, 5) is 16.1. The van der Waals surface area contributed by atoms with E-state index in [-0.39, 0.29) is 11.7 Å². The maximum atomic E-state index is 13.1. The van der Waals surface area contributed by atoms with Crippen molar-refractivity contribution in [2.75, 3.05) is 13.7 Å². The monoisotopic (exact) mass is 413 g/mol. The fourth-order valence-corrected chi connectivity index (χ4v) is 2.70. The molecule has 0 aliphatic rings. The Morgan fingerprint density at radius 1 is 1.27 bits per heavy atom. The van der Waals surface area contributed by atoms with Crippen LogP contribution in [-0.4, -0.2) is 29.7 Å². The molecule has 0 aliphatic heterocycles. The molecule has 2 aromatic heterocycles. The van der Waals surface area contributed by atoms with Gasteiger partial charge >= 0.3 is 0 Å². The standard InChI is InChI=1S/C19H20FN3O3.C2H6.C2H2/c1-12-8-14(5-6-16(12)25-2)18-17(23-26-18)19(24)22-7-3-4-13-9-15(20)11-21-10-13;2*1-2/h5-6,8-11,23H,3-4,7H2,1-2H3,(H,22,24);1-2H3;1-2H. The lowest BCUT2D eigenvalue weighted by Gasteiger charge is -2.13. The van der Waals surface area contributed by atoms with Crippen LogP contribution in [0.4, 0.5) is 4.39 Å². The van der Waals surface area contributed by atoms with E-state index in [0.717, 1.165) is 22.4 Å². The van der Waals surface area contributed by atoms with Crippen LogP contribution in [0.2, 0.25) is 0 Å². The minimum absolute atomic E-state index is 0.239. The number of ether oxygens (including phenoxy) is 1. The molecule has 0 saturated carbocycles. The lowest BCUT2D eigenvalue weighted by atomic mass is 10.1. The van der Waals surface area contributed by atoms with Gasteiger partial charge in [0.1, 0.15) is 11.6 Å². The number of rotatable bonds is 7. The molecule has 0 saturated heterocycles. The predicted molar refractivity (Wildman–Crippen MR) is 116 cm³/mol. The topological polar surface area (TPSA) is 80.1 Å². The summed E-state index contributed by atoms with van der Waals surface area (Å²) < 4.78 is 23.6. The van der Waals surface area contributed by atoms with Gasteiger partial charge in [-0.25, -0.2) is 9.55 Å². The summed E-state index contributed by atoms with van der Waals surface area (Å²) in [6.07, 6.45) is 12.1. The van der Waals surface area contributed by atoms with Crippen LogP contribution in [-0.2, 0) is 6.42 Å². The van der Waals surface area contributed by atoms with E-state index in [9.17, 15) is 9.18 Å². The summed E-state index contributed by atoms with van der Waals surface area (Å²) in [7, 11) is 1.61. The number of nitrogens with zero attached hydrogens (tertiary/aromatic N) is 1. The van der Waals surface area contributed by atoms with Gasteiger partial charge in [-0.05, 0) is 55.2 Å². The van der Waals surface area contributed by atoms with Crippen LogP contribution in [0.3, 0.4) is 0 Å². The zero-order valence-corrected chi connectivity index (χ0v) is 17.8. The highest BCUT2D eigenvalue weighted by molar-refractivity contribution is 5.98. The van der Waals surface area contributed by atoms with Crippen LogP contribution in [0.1, 0.15) is 41.9 Å². The minimum Gasteiger partial charge on any atom is -0.496 e. The molecule has 2 N–H and O–H groups in total. The van der Waals surface area contributed by atoms with Crippen LogP contribution in [0, 0.1) is 25.6 Å². The van der Waals surface area contributed by atoms with Crippen molar-refractivity contribution in [3.05, 3.63) is 59.3 Å². The van der Waals surface area contributed by atoms with Crippen LogP contribution in [0.5, 0.6) is 5.75 Å². The predicted octanol–water partition coefficient (Wildman–Crippen LogP) is 4.76. The number of aromatic nitrogens is 2. The second kappa shape index (κ2) is 12.8. The number of nitrogens with one attached hydrogen (secondary N) is 2. The van der Waals surface area contributed by atoms with E-state index in [2.05, 4.69) is 28.3 Å². The number of carbonyl (C=O) groups is 1. The van der Waals surface area contributed by atoms with Crippen LogP contribution < -0.4 is 10.1 Å². The Morgan fingerprint density at radius 2 is 2.00 bits per heavy atom. The Kier molecular flexibility index (Phi) is 10.5. The maximum Gasteiger partial charge on any atom is 0.274 e. The molecular formula is C23H28FN3O3. The molecule has 2 heterocycles. The second-order valence-corrected chi connectivity index (χ2v) is 5.96. The number of aromatic amines is 1. The highest BCUT2D eigenvalue weighted by Crippen LogP contribution is 2.29. The Hall–Kier alpha value is -3.53. The number of carbonyl (C=O) groups excluding carboxylic acids is 1. The second-order valence-electron chi connectivity index (χ2n) is 5.96. The zero-order chi connectivity index (χ0) is 22.5. The molecule has 0 spiro atoms. The molecule has 3 aromatic rings. The van der Waals surface area contributed by atoms with Crippen molar-refractivity contribution in [1.82, 2.24) is 15.5 Å². The van der Waals surface area contributed by atoms with Gasteiger partial charge in [0.25, 0.3) is 5.91 Å². The molecule has 6 nitrogen and oxygen atoms in total. The fourth-order valence-electron chi connectivity index (χ4n) is 2.70. The smallest absolute Gasteiger partial charge is 0.274 e. The van der Waals surface area contributed by atoms with E-state index in [1.54, 1.807) is 13.3 Å². The first-order valence-corrected chi connectivity index (χ1v) is 9.61.